The Balaban J connectivity index is 2.01. The minimum atomic E-state index is 0.154. The molecule has 1 N–H and O–H groups in total. The molecule has 1 aliphatic rings. The van der Waals surface area contributed by atoms with Gasteiger partial charge in [0, 0.05) is 36.2 Å². The van der Waals surface area contributed by atoms with Crippen LogP contribution >= 0.6 is 0 Å². The van der Waals surface area contributed by atoms with Crippen molar-refractivity contribution in [1.82, 2.24) is 10.3 Å². The normalized spacial score (nSPS) is 16.0. The van der Waals surface area contributed by atoms with Gasteiger partial charge in [0.1, 0.15) is 0 Å². The van der Waals surface area contributed by atoms with Gasteiger partial charge in [0.05, 0.1) is 5.52 Å². The Labute approximate surface area is 93.5 Å². The zero-order valence-electron chi connectivity index (χ0n) is 8.81. The van der Waals surface area contributed by atoms with Crippen LogP contribution in [0.4, 0.5) is 0 Å². The van der Waals surface area contributed by atoms with Crippen molar-refractivity contribution in [2.24, 2.45) is 5.92 Å². The van der Waals surface area contributed by atoms with E-state index < -0.39 is 0 Å². The predicted molar refractivity (Wildman–Crippen MR) is 62.4 cm³/mol. The Morgan fingerprint density at radius 2 is 2.19 bits per heavy atom. The van der Waals surface area contributed by atoms with E-state index in [1.54, 1.807) is 6.20 Å². The first-order chi connectivity index (χ1) is 7.84. The number of carbonyl (C=O) groups is 1. The maximum Gasteiger partial charge on any atom is 0.168 e. The average Bonchev–Trinajstić information content (AvgIpc) is 2.26. The zero-order valence-corrected chi connectivity index (χ0v) is 8.81. The van der Waals surface area contributed by atoms with Crippen LogP contribution < -0.4 is 5.32 Å². The average molecular weight is 212 g/mol. The lowest BCUT2D eigenvalue weighted by Crippen LogP contribution is -2.46. The summed E-state index contributed by atoms with van der Waals surface area (Å²) in [6, 6.07) is 9.64. The van der Waals surface area contributed by atoms with Crippen LogP contribution in [0, 0.1) is 5.92 Å². The fraction of sp³-hybridized carbons (Fsp3) is 0.231. The van der Waals surface area contributed by atoms with Crippen LogP contribution in [0.3, 0.4) is 0 Å². The third-order valence-corrected chi connectivity index (χ3v) is 3.04. The second-order valence-electron chi connectivity index (χ2n) is 4.13. The fourth-order valence-electron chi connectivity index (χ4n) is 1.93. The van der Waals surface area contributed by atoms with Gasteiger partial charge < -0.3 is 5.32 Å². The maximum atomic E-state index is 12.0. The first-order valence-corrected chi connectivity index (χ1v) is 5.44. The second kappa shape index (κ2) is 3.68. The summed E-state index contributed by atoms with van der Waals surface area (Å²) in [4.78, 5) is 16.3. The Kier molecular flexibility index (Phi) is 2.18. The first-order valence-electron chi connectivity index (χ1n) is 5.44. The van der Waals surface area contributed by atoms with Gasteiger partial charge in [-0.25, -0.2) is 0 Å². The van der Waals surface area contributed by atoms with Crippen molar-refractivity contribution in [2.45, 2.75) is 0 Å². The molecule has 1 fully saturated rings. The molecular weight excluding hydrogens is 200 g/mol. The standard InChI is InChI=1S/C13H12N2O/c16-13(11-7-14-8-11)10-4-3-9-2-1-5-15-12(9)6-10/h1-6,11,14H,7-8H2. The smallest absolute Gasteiger partial charge is 0.168 e. The lowest BCUT2D eigenvalue weighted by Gasteiger charge is -2.25. The van der Waals surface area contributed by atoms with Crippen LogP contribution in [-0.2, 0) is 0 Å². The number of Topliss-reactive ketones (excluding diaryl/α,β-unsaturated/α-hetero) is 1. The molecule has 3 heteroatoms. The number of carbonyl (C=O) groups excluding carboxylic acids is 1. The van der Waals surface area contributed by atoms with Gasteiger partial charge in [-0.3, -0.25) is 9.78 Å². The van der Waals surface area contributed by atoms with Gasteiger partial charge >= 0.3 is 0 Å². The molecule has 0 amide bonds. The van der Waals surface area contributed by atoms with E-state index in [2.05, 4.69) is 10.3 Å². The van der Waals surface area contributed by atoms with Crippen LogP contribution in [0.25, 0.3) is 10.9 Å². The molecule has 16 heavy (non-hydrogen) atoms. The van der Waals surface area contributed by atoms with Gasteiger partial charge in [-0.05, 0) is 12.1 Å². The van der Waals surface area contributed by atoms with Crippen molar-refractivity contribution < 1.29 is 4.79 Å². The molecule has 2 aromatic rings. The van der Waals surface area contributed by atoms with E-state index in [0.29, 0.717) is 0 Å². The van der Waals surface area contributed by atoms with Crippen molar-refractivity contribution >= 4 is 16.7 Å². The number of fused-ring (bicyclic) bond motifs is 1. The molecule has 0 spiro atoms. The molecule has 80 valence electrons. The molecule has 2 heterocycles. The third-order valence-electron chi connectivity index (χ3n) is 3.04. The summed E-state index contributed by atoms with van der Waals surface area (Å²) in [5, 5.41) is 4.19. The molecule has 1 aromatic heterocycles. The Bertz CT molecular complexity index is 546. The molecule has 3 rings (SSSR count). The minimum Gasteiger partial charge on any atom is -0.315 e. The van der Waals surface area contributed by atoms with Crippen molar-refractivity contribution in [3.63, 3.8) is 0 Å². The molecule has 0 saturated carbocycles. The predicted octanol–water partition coefficient (Wildman–Crippen LogP) is 1.64. The Morgan fingerprint density at radius 1 is 1.31 bits per heavy atom. The van der Waals surface area contributed by atoms with Gasteiger partial charge in [0.25, 0.3) is 0 Å². The highest BCUT2D eigenvalue weighted by Gasteiger charge is 2.25. The minimum absolute atomic E-state index is 0.154. The lowest BCUT2D eigenvalue weighted by molar-refractivity contribution is 0.0878. The molecule has 3 nitrogen and oxygen atoms in total. The molecule has 0 unspecified atom stereocenters. The topological polar surface area (TPSA) is 42.0 Å². The summed E-state index contributed by atoms with van der Waals surface area (Å²) >= 11 is 0. The monoisotopic (exact) mass is 212 g/mol. The van der Waals surface area contributed by atoms with Gasteiger partial charge in [0.2, 0.25) is 0 Å². The van der Waals surface area contributed by atoms with E-state index in [1.165, 1.54) is 0 Å². The number of aromatic nitrogens is 1. The van der Waals surface area contributed by atoms with E-state index in [1.807, 2.05) is 30.3 Å². The molecule has 1 saturated heterocycles. The van der Waals surface area contributed by atoms with E-state index in [0.717, 1.165) is 29.6 Å². The number of pyridine rings is 1. The number of hydrogen-bond acceptors (Lipinski definition) is 3. The molecular formula is C13H12N2O. The van der Waals surface area contributed by atoms with Gasteiger partial charge in [0.15, 0.2) is 5.78 Å². The van der Waals surface area contributed by atoms with Gasteiger partial charge in [-0.15, -0.1) is 0 Å². The van der Waals surface area contributed by atoms with Gasteiger partial charge in [-0.2, -0.15) is 0 Å². The largest absolute Gasteiger partial charge is 0.315 e. The Morgan fingerprint density at radius 3 is 2.94 bits per heavy atom. The summed E-state index contributed by atoms with van der Waals surface area (Å²) < 4.78 is 0. The molecule has 1 aromatic carbocycles. The molecule has 1 aliphatic heterocycles. The van der Waals surface area contributed by atoms with Crippen molar-refractivity contribution in [3.05, 3.63) is 42.1 Å². The van der Waals surface area contributed by atoms with E-state index in [-0.39, 0.29) is 11.7 Å². The summed E-state index contributed by atoms with van der Waals surface area (Å²) in [5.41, 5.74) is 1.67. The van der Waals surface area contributed by atoms with Crippen LogP contribution in [0.2, 0.25) is 0 Å². The summed E-state index contributed by atoms with van der Waals surface area (Å²) in [6.45, 7) is 1.61. The molecule has 0 atom stereocenters. The summed E-state index contributed by atoms with van der Waals surface area (Å²) in [5.74, 6) is 0.382. The Hall–Kier alpha value is -1.74. The molecule has 0 bridgehead atoms. The van der Waals surface area contributed by atoms with E-state index >= 15 is 0 Å². The SMILES string of the molecule is O=C(c1ccc2cccnc2c1)C1CNC1. The zero-order chi connectivity index (χ0) is 11.0. The summed E-state index contributed by atoms with van der Waals surface area (Å²) in [7, 11) is 0. The highest BCUT2D eigenvalue weighted by molar-refractivity contribution is 6.01. The van der Waals surface area contributed by atoms with Crippen LogP contribution in [0.1, 0.15) is 10.4 Å². The lowest BCUT2D eigenvalue weighted by atomic mass is 9.92. The second-order valence-corrected chi connectivity index (χ2v) is 4.13. The number of benzene rings is 1. The number of nitrogens with one attached hydrogen (secondary N) is 1. The van der Waals surface area contributed by atoms with Crippen LogP contribution in [0.15, 0.2) is 36.5 Å². The van der Waals surface area contributed by atoms with E-state index in [9.17, 15) is 4.79 Å². The molecule has 0 aliphatic carbocycles. The van der Waals surface area contributed by atoms with Gasteiger partial charge in [-0.1, -0.05) is 18.2 Å². The number of rotatable bonds is 2. The van der Waals surface area contributed by atoms with Crippen molar-refractivity contribution in [1.29, 1.82) is 0 Å². The summed E-state index contributed by atoms with van der Waals surface area (Å²) in [6.07, 6.45) is 1.75. The molecule has 0 radical (unpaired) electrons. The van der Waals surface area contributed by atoms with Crippen molar-refractivity contribution in [3.8, 4) is 0 Å². The first kappa shape index (κ1) is 9.48. The van der Waals surface area contributed by atoms with E-state index in [4.69, 9.17) is 0 Å². The highest BCUT2D eigenvalue weighted by Crippen LogP contribution is 2.17. The van der Waals surface area contributed by atoms with Crippen LogP contribution in [-0.4, -0.2) is 23.9 Å². The third kappa shape index (κ3) is 1.49. The fourth-order valence-corrected chi connectivity index (χ4v) is 1.93. The van der Waals surface area contributed by atoms with Crippen LogP contribution in [0.5, 0.6) is 0 Å². The highest BCUT2D eigenvalue weighted by atomic mass is 16.1. The number of nitrogens with zero attached hydrogens (tertiary/aromatic N) is 1. The number of ketones is 1. The maximum absolute atomic E-state index is 12.0. The van der Waals surface area contributed by atoms with Crippen molar-refractivity contribution in [2.75, 3.05) is 13.1 Å². The quantitative estimate of drug-likeness (QED) is 0.769. The number of hydrogen-bond donors (Lipinski definition) is 1.